The quantitative estimate of drug-likeness (QED) is 0.816. The number of ether oxygens (including phenoxy) is 1. The maximum Gasteiger partial charge on any atom is 0.306 e. The van der Waals surface area contributed by atoms with Crippen molar-refractivity contribution in [2.24, 2.45) is 5.73 Å². The van der Waals surface area contributed by atoms with E-state index in [1.54, 1.807) is 0 Å². The van der Waals surface area contributed by atoms with Crippen LogP contribution in [0.25, 0.3) is 0 Å². The number of nitrogens with two attached hydrogens (primary N) is 1. The number of fused-ring (bicyclic) bond motifs is 1. The summed E-state index contributed by atoms with van der Waals surface area (Å²) in [5.74, 6) is -0.0490. The first-order valence-corrected chi connectivity index (χ1v) is 6.44. The summed E-state index contributed by atoms with van der Waals surface area (Å²) in [6.45, 7) is 0.508. The highest BCUT2D eigenvalue weighted by atomic mass is 32.1. The van der Waals surface area contributed by atoms with E-state index in [0.717, 1.165) is 0 Å². The molecule has 0 radical (unpaired) electrons. The third-order valence-electron chi connectivity index (χ3n) is 3.09. The summed E-state index contributed by atoms with van der Waals surface area (Å²) in [6.07, 6.45) is 4.04. The molecule has 3 nitrogen and oxygen atoms in total. The van der Waals surface area contributed by atoms with Gasteiger partial charge in [0.1, 0.15) is 0 Å². The van der Waals surface area contributed by atoms with Gasteiger partial charge in [-0.1, -0.05) is 0 Å². The van der Waals surface area contributed by atoms with E-state index in [-0.39, 0.29) is 11.9 Å². The van der Waals surface area contributed by atoms with Gasteiger partial charge in [-0.3, -0.25) is 4.79 Å². The molecule has 0 spiro atoms. The highest BCUT2D eigenvalue weighted by molar-refractivity contribution is 7.12. The van der Waals surface area contributed by atoms with Crippen molar-refractivity contribution in [3.05, 3.63) is 21.4 Å². The molecule has 1 aliphatic rings. The smallest absolute Gasteiger partial charge is 0.306 e. The van der Waals surface area contributed by atoms with Gasteiger partial charge in [0.05, 0.1) is 13.5 Å². The van der Waals surface area contributed by atoms with E-state index in [9.17, 15) is 4.79 Å². The molecule has 1 aliphatic carbocycles. The first-order chi connectivity index (χ1) is 7.74. The topological polar surface area (TPSA) is 52.3 Å². The minimum atomic E-state index is -0.177. The van der Waals surface area contributed by atoms with Gasteiger partial charge in [0.15, 0.2) is 0 Å². The molecule has 1 aromatic rings. The molecule has 2 N–H and O–H groups in total. The van der Waals surface area contributed by atoms with Gasteiger partial charge in [-0.25, -0.2) is 0 Å². The van der Waals surface area contributed by atoms with Crippen LogP contribution in [0.15, 0.2) is 6.07 Å². The van der Waals surface area contributed by atoms with Crippen LogP contribution < -0.4 is 5.73 Å². The Morgan fingerprint density at radius 2 is 2.44 bits per heavy atom. The molecule has 0 saturated heterocycles. The Morgan fingerprint density at radius 1 is 1.62 bits per heavy atom. The maximum absolute atomic E-state index is 11.3. The summed E-state index contributed by atoms with van der Waals surface area (Å²) >= 11 is 1.82. The van der Waals surface area contributed by atoms with Crippen LogP contribution >= 0.6 is 11.3 Å². The Hall–Kier alpha value is -0.870. The summed E-state index contributed by atoms with van der Waals surface area (Å²) in [6, 6.07) is 2.23. The second kappa shape index (κ2) is 4.97. The number of carbonyl (C=O) groups is 1. The van der Waals surface area contributed by atoms with Crippen molar-refractivity contribution in [3.8, 4) is 0 Å². The van der Waals surface area contributed by atoms with Crippen molar-refractivity contribution >= 4 is 17.3 Å². The molecule has 88 valence electrons. The summed E-state index contributed by atoms with van der Waals surface area (Å²) in [7, 11) is 1.42. The van der Waals surface area contributed by atoms with Gasteiger partial charge in [-0.05, 0) is 30.9 Å². The number of carbonyl (C=O) groups excluding carboxylic acids is 1. The number of rotatable bonds is 4. The molecule has 1 heterocycles. The van der Waals surface area contributed by atoms with E-state index in [0.29, 0.717) is 13.0 Å². The first-order valence-electron chi connectivity index (χ1n) is 5.63. The Balaban J connectivity index is 2.11. The van der Waals surface area contributed by atoms with Gasteiger partial charge in [-0.15, -0.1) is 11.3 Å². The van der Waals surface area contributed by atoms with Gasteiger partial charge in [0.25, 0.3) is 0 Å². The minimum absolute atomic E-state index is 0.128. The Labute approximate surface area is 99.6 Å². The van der Waals surface area contributed by atoms with Crippen molar-refractivity contribution in [1.82, 2.24) is 0 Å². The van der Waals surface area contributed by atoms with Crippen LogP contribution in [0.5, 0.6) is 0 Å². The lowest BCUT2D eigenvalue weighted by molar-refractivity contribution is -0.141. The summed E-state index contributed by atoms with van der Waals surface area (Å²) in [4.78, 5) is 14.0. The lowest BCUT2D eigenvalue weighted by Crippen LogP contribution is -2.16. The molecule has 1 aromatic heterocycles. The summed E-state index contributed by atoms with van der Waals surface area (Å²) in [5, 5.41) is 0. The van der Waals surface area contributed by atoms with Crippen molar-refractivity contribution < 1.29 is 9.53 Å². The number of thiophene rings is 1. The number of esters is 1. The Morgan fingerprint density at radius 3 is 3.06 bits per heavy atom. The standard InChI is InChI=1S/C12H17NO2S/c1-15-12(14)6-9(7-13)11-5-8-3-2-4-10(8)16-11/h5,9H,2-4,6-7,13H2,1H3. The molecule has 2 rings (SSSR count). The average molecular weight is 239 g/mol. The average Bonchev–Trinajstić information content (AvgIpc) is 2.85. The fraction of sp³-hybridized carbons (Fsp3) is 0.583. The van der Waals surface area contributed by atoms with E-state index in [1.165, 1.54) is 41.7 Å². The van der Waals surface area contributed by atoms with Crippen molar-refractivity contribution in [1.29, 1.82) is 0 Å². The largest absolute Gasteiger partial charge is 0.469 e. The summed E-state index contributed by atoms with van der Waals surface area (Å²) in [5.41, 5.74) is 7.19. The van der Waals surface area contributed by atoms with Crippen molar-refractivity contribution in [3.63, 3.8) is 0 Å². The van der Waals surface area contributed by atoms with Crippen LogP contribution in [0, 0.1) is 0 Å². The number of hydrogen-bond donors (Lipinski definition) is 1. The number of hydrogen-bond acceptors (Lipinski definition) is 4. The molecular weight excluding hydrogens is 222 g/mol. The molecule has 1 unspecified atom stereocenters. The molecule has 1 atom stereocenters. The normalized spacial score (nSPS) is 15.9. The Kier molecular flexibility index (Phi) is 3.61. The third-order valence-corrected chi connectivity index (χ3v) is 4.49. The molecule has 4 heteroatoms. The zero-order valence-corrected chi connectivity index (χ0v) is 10.3. The minimum Gasteiger partial charge on any atom is -0.469 e. The third kappa shape index (κ3) is 2.28. The molecule has 0 bridgehead atoms. The van der Waals surface area contributed by atoms with Crippen LogP contribution in [0.3, 0.4) is 0 Å². The van der Waals surface area contributed by atoms with E-state index in [4.69, 9.17) is 10.5 Å². The van der Waals surface area contributed by atoms with Crippen molar-refractivity contribution in [2.45, 2.75) is 31.6 Å². The Bertz CT molecular complexity index is 365. The predicted molar refractivity (Wildman–Crippen MR) is 64.8 cm³/mol. The van der Waals surface area contributed by atoms with E-state index >= 15 is 0 Å². The van der Waals surface area contributed by atoms with Gasteiger partial charge in [0, 0.05) is 22.2 Å². The van der Waals surface area contributed by atoms with E-state index < -0.39 is 0 Å². The predicted octanol–water partition coefficient (Wildman–Crippen LogP) is 1.84. The monoisotopic (exact) mass is 239 g/mol. The van der Waals surface area contributed by atoms with Gasteiger partial charge in [-0.2, -0.15) is 0 Å². The maximum atomic E-state index is 11.3. The van der Waals surface area contributed by atoms with Gasteiger partial charge in [0.2, 0.25) is 0 Å². The van der Waals surface area contributed by atoms with Gasteiger partial charge < -0.3 is 10.5 Å². The summed E-state index contributed by atoms with van der Waals surface area (Å²) < 4.78 is 4.69. The van der Waals surface area contributed by atoms with Crippen LogP contribution in [0.1, 0.15) is 34.1 Å². The van der Waals surface area contributed by atoms with Crippen LogP contribution in [0.4, 0.5) is 0 Å². The van der Waals surface area contributed by atoms with Crippen molar-refractivity contribution in [2.75, 3.05) is 13.7 Å². The van der Waals surface area contributed by atoms with E-state index in [2.05, 4.69) is 6.07 Å². The molecule has 0 aromatic carbocycles. The lowest BCUT2D eigenvalue weighted by Gasteiger charge is -2.11. The zero-order chi connectivity index (χ0) is 11.5. The highest BCUT2D eigenvalue weighted by Gasteiger charge is 2.21. The number of methoxy groups -OCH3 is 1. The highest BCUT2D eigenvalue weighted by Crippen LogP contribution is 2.35. The van der Waals surface area contributed by atoms with Crippen LogP contribution in [-0.4, -0.2) is 19.6 Å². The molecule has 16 heavy (non-hydrogen) atoms. The molecule has 0 fully saturated rings. The molecule has 0 saturated carbocycles. The second-order valence-corrected chi connectivity index (χ2v) is 5.33. The number of aryl methyl sites for hydroxylation is 2. The SMILES string of the molecule is COC(=O)CC(CN)c1cc2c(s1)CCC2. The van der Waals surface area contributed by atoms with Crippen LogP contribution in [0.2, 0.25) is 0 Å². The molecular formula is C12H17NO2S. The van der Waals surface area contributed by atoms with Crippen LogP contribution in [-0.2, 0) is 22.4 Å². The van der Waals surface area contributed by atoms with Gasteiger partial charge >= 0.3 is 5.97 Å². The fourth-order valence-electron chi connectivity index (χ4n) is 2.14. The zero-order valence-electron chi connectivity index (χ0n) is 9.49. The molecule has 0 aliphatic heterocycles. The van der Waals surface area contributed by atoms with E-state index in [1.807, 2.05) is 11.3 Å². The first kappa shape index (κ1) is 11.6. The lowest BCUT2D eigenvalue weighted by atomic mass is 10.0. The second-order valence-electron chi connectivity index (χ2n) is 4.16. The fourth-order valence-corrected chi connectivity index (χ4v) is 3.51. The molecule has 0 amide bonds.